The zero-order valence-electron chi connectivity index (χ0n) is 15.9. The monoisotopic (exact) mass is 424 g/mol. The minimum Gasteiger partial charge on any atom is -0.315 e. The number of anilines is 1. The van der Waals surface area contributed by atoms with Crippen LogP contribution >= 0.6 is 22.7 Å². The average Bonchev–Trinajstić information content (AvgIpc) is 3.27. The predicted octanol–water partition coefficient (Wildman–Crippen LogP) is 3.79. The molecule has 0 saturated heterocycles. The molecular weight excluding hydrogens is 404 g/mol. The van der Waals surface area contributed by atoms with E-state index in [1.165, 1.54) is 32.0 Å². The molecule has 2 aliphatic rings. The van der Waals surface area contributed by atoms with E-state index < -0.39 is 0 Å². The average molecular weight is 425 g/mol. The van der Waals surface area contributed by atoms with Crippen molar-refractivity contribution < 1.29 is 4.79 Å². The summed E-state index contributed by atoms with van der Waals surface area (Å²) in [6.07, 6.45) is 9.70. The van der Waals surface area contributed by atoms with Crippen molar-refractivity contribution in [2.45, 2.75) is 57.9 Å². The molecule has 0 aliphatic heterocycles. The maximum atomic E-state index is 13.0. The highest BCUT2D eigenvalue weighted by Crippen LogP contribution is 2.37. The van der Waals surface area contributed by atoms with Crippen LogP contribution in [0.1, 0.15) is 52.1 Å². The molecule has 0 aromatic carbocycles. The highest BCUT2D eigenvalue weighted by Gasteiger charge is 2.23. The highest BCUT2D eigenvalue weighted by molar-refractivity contribution is 7.18. The lowest BCUT2D eigenvalue weighted by molar-refractivity contribution is -0.116. The first-order valence-electron chi connectivity index (χ1n) is 10.00. The van der Waals surface area contributed by atoms with E-state index in [4.69, 9.17) is 0 Å². The molecule has 5 rings (SSSR count). The van der Waals surface area contributed by atoms with E-state index in [9.17, 15) is 14.9 Å². The lowest BCUT2D eigenvalue weighted by Crippen LogP contribution is -2.28. The number of nitriles is 1. The van der Waals surface area contributed by atoms with Crippen LogP contribution in [0.15, 0.2) is 11.1 Å². The van der Waals surface area contributed by atoms with E-state index in [0.717, 1.165) is 67.3 Å². The standard InChI is InChI=1S/C21H20N4O2S2/c22-9-14-12-5-1-3-7-15(12)28-19(14)24-17(26)10-25-11-23-20-18(21(25)27)13-6-2-4-8-16(13)29-20/h11H,1-8,10H2,(H,24,26). The van der Waals surface area contributed by atoms with Gasteiger partial charge in [0, 0.05) is 9.75 Å². The van der Waals surface area contributed by atoms with Gasteiger partial charge in [0.15, 0.2) is 0 Å². The van der Waals surface area contributed by atoms with Gasteiger partial charge in [0.25, 0.3) is 5.56 Å². The van der Waals surface area contributed by atoms with Gasteiger partial charge < -0.3 is 5.32 Å². The van der Waals surface area contributed by atoms with Crippen molar-refractivity contribution in [3.63, 3.8) is 0 Å². The highest BCUT2D eigenvalue weighted by atomic mass is 32.1. The smallest absolute Gasteiger partial charge is 0.262 e. The molecule has 0 saturated carbocycles. The van der Waals surface area contributed by atoms with Crippen LogP contribution in [0.4, 0.5) is 5.00 Å². The molecule has 8 heteroatoms. The molecule has 0 unspecified atom stereocenters. The molecule has 0 atom stereocenters. The lowest BCUT2D eigenvalue weighted by atomic mass is 9.96. The summed E-state index contributed by atoms with van der Waals surface area (Å²) in [6, 6.07) is 2.26. The van der Waals surface area contributed by atoms with Crippen LogP contribution in [-0.4, -0.2) is 15.5 Å². The molecule has 29 heavy (non-hydrogen) atoms. The second-order valence-electron chi connectivity index (χ2n) is 7.64. The zero-order chi connectivity index (χ0) is 20.0. The van der Waals surface area contributed by atoms with Crippen molar-refractivity contribution in [2.75, 3.05) is 5.32 Å². The number of nitrogens with zero attached hydrogens (tertiary/aromatic N) is 3. The molecule has 0 spiro atoms. The fourth-order valence-corrected chi connectivity index (χ4v) is 6.86. The summed E-state index contributed by atoms with van der Waals surface area (Å²) in [5.41, 5.74) is 2.66. The number of fused-ring (bicyclic) bond motifs is 4. The maximum absolute atomic E-state index is 13.0. The Labute approximate surface area is 175 Å². The number of rotatable bonds is 3. The number of aromatic nitrogens is 2. The second-order valence-corrected chi connectivity index (χ2v) is 9.83. The number of hydrogen-bond acceptors (Lipinski definition) is 6. The summed E-state index contributed by atoms with van der Waals surface area (Å²) in [6.45, 7) is -0.0974. The van der Waals surface area contributed by atoms with Crippen molar-refractivity contribution in [1.82, 2.24) is 9.55 Å². The summed E-state index contributed by atoms with van der Waals surface area (Å²) in [5, 5.41) is 13.7. The van der Waals surface area contributed by atoms with Crippen LogP contribution in [0.5, 0.6) is 0 Å². The first-order valence-corrected chi connectivity index (χ1v) is 11.6. The summed E-state index contributed by atoms with van der Waals surface area (Å²) in [4.78, 5) is 33.4. The quantitative estimate of drug-likeness (QED) is 0.693. The van der Waals surface area contributed by atoms with Crippen molar-refractivity contribution in [1.29, 1.82) is 5.26 Å². The number of nitrogens with one attached hydrogen (secondary N) is 1. The molecule has 148 valence electrons. The predicted molar refractivity (Wildman–Crippen MR) is 115 cm³/mol. The van der Waals surface area contributed by atoms with Gasteiger partial charge in [-0.05, 0) is 62.5 Å². The normalized spacial score (nSPS) is 15.6. The minimum atomic E-state index is -0.299. The van der Waals surface area contributed by atoms with Crippen molar-refractivity contribution in [3.05, 3.63) is 43.1 Å². The van der Waals surface area contributed by atoms with Gasteiger partial charge in [0.05, 0.1) is 17.3 Å². The first-order chi connectivity index (χ1) is 14.2. The van der Waals surface area contributed by atoms with Gasteiger partial charge in [-0.3, -0.25) is 14.2 Å². The van der Waals surface area contributed by atoms with E-state index in [1.807, 2.05) is 0 Å². The van der Waals surface area contributed by atoms with Gasteiger partial charge in [0.1, 0.15) is 22.4 Å². The van der Waals surface area contributed by atoms with Gasteiger partial charge in [-0.1, -0.05) is 0 Å². The van der Waals surface area contributed by atoms with Crippen molar-refractivity contribution >= 4 is 43.8 Å². The topological polar surface area (TPSA) is 87.8 Å². The Morgan fingerprint density at radius 2 is 1.79 bits per heavy atom. The summed E-state index contributed by atoms with van der Waals surface area (Å²) < 4.78 is 1.39. The fraction of sp³-hybridized carbons (Fsp3) is 0.429. The zero-order valence-corrected chi connectivity index (χ0v) is 17.5. The minimum absolute atomic E-state index is 0.0974. The molecule has 3 heterocycles. The number of thiophene rings is 2. The third-order valence-electron chi connectivity index (χ3n) is 5.79. The van der Waals surface area contributed by atoms with E-state index in [0.29, 0.717) is 16.0 Å². The molecular formula is C21H20N4O2S2. The second kappa shape index (κ2) is 7.39. The van der Waals surface area contributed by atoms with E-state index in [-0.39, 0.29) is 18.0 Å². The first kappa shape index (κ1) is 18.5. The number of carbonyl (C=O) groups excluding carboxylic acids is 1. The van der Waals surface area contributed by atoms with Crippen LogP contribution in [0, 0.1) is 11.3 Å². The lowest BCUT2D eigenvalue weighted by Gasteiger charge is -2.10. The molecule has 2 aliphatic carbocycles. The van der Waals surface area contributed by atoms with Gasteiger partial charge >= 0.3 is 0 Å². The van der Waals surface area contributed by atoms with Crippen molar-refractivity contribution in [2.24, 2.45) is 0 Å². The van der Waals surface area contributed by atoms with Gasteiger partial charge in [-0.15, -0.1) is 22.7 Å². The Morgan fingerprint density at radius 1 is 1.10 bits per heavy atom. The van der Waals surface area contributed by atoms with E-state index in [2.05, 4.69) is 16.4 Å². The van der Waals surface area contributed by atoms with Crippen LogP contribution in [-0.2, 0) is 37.0 Å². The number of hydrogen-bond donors (Lipinski definition) is 1. The number of carbonyl (C=O) groups is 1. The Morgan fingerprint density at radius 3 is 2.55 bits per heavy atom. The SMILES string of the molecule is N#Cc1c(NC(=O)Cn2cnc3sc4c(c3c2=O)CCCC4)sc2c1CCCC2. The van der Waals surface area contributed by atoms with Gasteiger partial charge in [-0.25, -0.2) is 4.98 Å². The van der Waals surface area contributed by atoms with E-state index >= 15 is 0 Å². The third kappa shape index (κ3) is 3.18. The van der Waals surface area contributed by atoms with Crippen LogP contribution in [0.25, 0.3) is 10.2 Å². The summed E-state index contributed by atoms with van der Waals surface area (Å²) in [5.74, 6) is -0.299. The molecule has 6 nitrogen and oxygen atoms in total. The fourth-order valence-electron chi connectivity index (χ4n) is 4.39. The molecule has 1 amide bonds. The van der Waals surface area contributed by atoms with Crippen LogP contribution < -0.4 is 10.9 Å². The Bertz CT molecular complexity index is 1230. The van der Waals surface area contributed by atoms with Crippen LogP contribution in [0.3, 0.4) is 0 Å². The Balaban J connectivity index is 1.42. The Kier molecular flexibility index (Phi) is 4.72. The number of aryl methyl sites for hydroxylation is 3. The summed E-state index contributed by atoms with van der Waals surface area (Å²) >= 11 is 3.10. The van der Waals surface area contributed by atoms with Crippen molar-refractivity contribution in [3.8, 4) is 6.07 Å². The largest absolute Gasteiger partial charge is 0.315 e. The van der Waals surface area contributed by atoms with Gasteiger partial charge in [0.2, 0.25) is 5.91 Å². The summed E-state index contributed by atoms with van der Waals surface area (Å²) in [7, 11) is 0. The van der Waals surface area contributed by atoms with Gasteiger partial charge in [-0.2, -0.15) is 5.26 Å². The third-order valence-corrected chi connectivity index (χ3v) is 8.20. The molecule has 3 aromatic heterocycles. The molecule has 0 bridgehead atoms. The molecule has 1 N–H and O–H groups in total. The Hall–Kier alpha value is -2.50. The number of amides is 1. The van der Waals surface area contributed by atoms with Crippen LogP contribution in [0.2, 0.25) is 0 Å². The molecule has 0 radical (unpaired) electrons. The maximum Gasteiger partial charge on any atom is 0.262 e. The van der Waals surface area contributed by atoms with E-state index in [1.54, 1.807) is 11.3 Å². The molecule has 3 aromatic rings. The molecule has 0 fully saturated rings.